The SMILES string of the molecule is CC(CN)C(=O)NCc1ccccc1Br.Cl. The normalized spacial score (nSPS) is 11.4. The third-order valence-corrected chi connectivity index (χ3v) is 2.99. The summed E-state index contributed by atoms with van der Waals surface area (Å²) < 4.78 is 1.01. The molecular weight excluding hydrogens is 291 g/mol. The first-order valence-corrected chi connectivity index (χ1v) is 5.65. The van der Waals surface area contributed by atoms with E-state index in [-0.39, 0.29) is 24.2 Å². The molecule has 0 bridgehead atoms. The minimum Gasteiger partial charge on any atom is -0.352 e. The number of halogens is 2. The molecule has 0 fully saturated rings. The molecule has 1 amide bonds. The van der Waals surface area contributed by atoms with E-state index in [0.717, 1.165) is 10.0 Å². The third-order valence-electron chi connectivity index (χ3n) is 2.21. The van der Waals surface area contributed by atoms with Gasteiger partial charge in [-0.15, -0.1) is 12.4 Å². The molecule has 5 heteroatoms. The van der Waals surface area contributed by atoms with Crippen LogP contribution in [0, 0.1) is 5.92 Å². The van der Waals surface area contributed by atoms with Gasteiger partial charge < -0.3 is 11.1 Å². The van der Waals surface area contributed by atoms with Gasteiger partial charge in [0.15, 0.2) is 0 Å². The Morgan fingerprint density at radius 1 is 1.50 bits per heavy atom. The quantitative estimate of drug-likeness (QED) is 0.895. The summed E-state index contributed by atoms with van der Waals surface area (Å²) >= 11 is 3.42. The van der Waals surface area contributed by atoms with E-state index in [1.807, 2.05) is 31.2 Å². The number of amides is 1. The summed E-state index contributed by atoms with van der Waals surface area (Å²) in [5.41, 5.74) is 6.47. The second kappa shape index (κ2) is 7.65. The molecule has 1 rings (SSSR count). The number of carbonyl (C=O) groups is 1. The van der Waals surface area contributed by atoms with Crippen molar-refractivity contribution in [2.75, 3.05) is 6.54 Å². The van der Waals surface area contributed by atoms with E-state index in [1.54, 1.807) is 0 Å². The average Bonchev–Trinajstić information content (AvgIpc) is 2.26. The summed E-state index contributed by atoms with van der Waals surface area (Å²) in [6.07, 6.45) is 0. The van der Waals surface area contributed by atoms with E-state index in [1.165, 1.54) is 0 Å². The van der Waals surface area contributed by atoms with Gasteiger partial charge in [-0.1, -0.05) is 41.1 Å². The van der Waals surface area contributed by atoms with Crippen molar-refractivity contribution in [1.82, 2.24) is 5.32 Å². The van der Waals surface area contributed by atoms with Crippen molar-refractivity contribution >= 4 is 34.2 Å². The lowest BCUT2D eigenvalue weighted by atomic mass is 10.1. The van der Waals surface area contributed by atoms with Crippen LogP contribution >= 0.6 is 28.3 Å². The molecule has 1 aromatic rings. The molecule has 3 nitrogen and oxygen atoms in total. The minimum atomic E-state index is -0.132. The number of hydrogen-bond donors (Lipinski definition) is 2. The molecule has 0 spiro atoms. The zero-order valence-electron chi connectivity index (χ0n) is 9.07. The van der Waals surface area contributed by atoms with E-state index >= 15 is 0 Å². The standard InChI is InChI=1S/C11H15BrN2O.ClH/c1-8(6-13)11(15)14-7-9-4-2-3-5-10(9)12;/h2-5,8H,6-7,13H2,1H3,(H,14,15);1H. The van der Waals surface area contributed by atoms with Gasteiger partial charge in [-0.05, 0) is 11.6 Å². The Morgan fingerprint density at radius 3 is 2.69 bits per heavy atom. The van der Waals surface area contributed by atoms with E-state index in [2.05, 4.69) is 21.2 Å². The van der Waals surface area contributed by atoms with E-state index in [4.69, 9.17) is 5.73 Å². The van der Waals surface area contributed by atoms with Gasteiger partial charge in [-0.3, -0.25) is 4.79 Å². The highest BCUT2D eigenvalue weighted by Crippen LogP contribution is 2.15. The molecule has 1 aromatic carbocycles. The van der Waals surface area contributed by atoms with Gasteiger partial charge in [0.2, 0.25) is 5.91 Å². The molecule has 0 saturated carbocycles. The lowest BCUT2D eigenvalue weighted by Crippen LogP contribution is -2.32. The summed E-state index contributed by atoms with van der Waals surface area (Å²) in [4.78, 5) is 11.5. The van der Waals surface area contributed by atoms with Crippen LogP contribution in [-0.4, -0.2) is 12.5 Å². The fraction of sp³-hybridized carbons (Fsp3) is 0.364. The van der Waals surface area contributed by atoms with Crippen LogP contribution in [0.25, 0.3) is 0 Å². The lowest BCUT2D eigenvalue weighted by molar-refractivity contribution is -0.124. The molecule has 0 aliphatic carbocycles. The van der Waals surface area contributed by atoms with Crippen LogP contribution in [0.2, 0.25) is 0 Å². The molecule has 0 aliphatic heterocycles. The van der Waals surface area contributed by atoms with Crippen molar-refractivity contribution in [3.63, 3.8) is 0 Å². The topological polar surface area (TPSA) is 55.1 Å². The van der Waals surface area contributed by atoms with Gasteiger partial charge >= 0.3 is 0 Å². The summed E-state index contributed by atoms with van der Waals surface area (Å²) in [7, 11) is 0. The van der Waals surface area contributed by atoms with Gasteiger partial charge in [0.25, 0.3) is 0 Å². The number of benzene rings is 1. The summed E-state index contributed by atoms with van der Waals surface area (Å²) in [5, 5.41) is 2.84. The van der Waals surface area contributed by atoms with Gasteiger partial charge in [0.1, 0.15) is 0 Å². The maximum absolute atomic E-state index is 11.5. The number of hydrogen-bond acceptors (Lipinski definition) is 2. The van der Waals surface area contributed by atoms with Crippen LogP contribution in [0.4, 0.5) is 0 Å². The predicted octanol–water partition coefficient (Wildman–Crippen LogP) is 2.08. The molecule has 0 heterocycles. The van der Waals surface area contributed by atoms with Gasteiger partial charge in [-0.25, -0.2) is 0 Å². The van der Waals surface area contributed by atoms with Crippen molar-refractivity contribution < 1.29 is 4.79 Å². The van der Waals surface area contributed by atoms with Crippen molar-refractivity contribution in [2.45, 2.75) is 13.5 Å². The van der Waals surface area contributed by atoms with Crippen molar-refractivity contribution in [1.29, 1.82) is 0 Å². The van der Waals surface area contributed by atoms with Crippen molar-refractivity contribution in [3.8, 4) is 0 Å². The first-order valence-electron chi connectivity index (χ1n) is 4.86. The van der Waals surface area contributed by atoms with Crippen LogP contribution in [0.5, 0.6) is 0 Å². The fourth-order valence-corrected chi connectivity index (χ4v) is 1.53. The molecule has 3 N–H and O–H groups in total. The van der Waals surface area contributed by atoms with Crippen LogP contribution in [-0.2, 0) is 11.3 Å². The van der Waals surface area contributed by atoms with E-state index in [0.29, 0.717) is 13.1 Å². The zero-order chi connectivity index (χ0) is 11.3. The Kier molecular flexibility index (Phi) is 7.38. The Bertz CT molecular complexity index is 347. The molecule has 1 atom stereocenters. The Labute approximate surface area is 110 Å². The van der Waals surface area contributed by atoms with E-state index < -0.39 is 0 Å². The van der Waals surface area contributed by atoms with Crippen LogP contribution in [0.3, 0.4) is 0 Å². The maximum atomic E-state index is 11.5. The predicted molar refractivity (Wildman–Crippen MR) is 71.5 cm³/mol. The Balaban J connectivity index is 0.00000225. The van der Waals surface area contributed by atoms with Crippen molar-refractivity contribution in [3.05, 3.63) is 34.3 Å². The molecule has 0 radical (unpaired) electrons. The molecule has 1 unspecified atom stereocenters. The summed E-state index contributed by atoms with van der Waals surface area (Å²) in [5.74, 6) is -0.138. The number of nitrogens with two attached hydrogens (primary N) is 1. The second-order valence-electron chi connectivity index (χ2n) is 3.45. The lowest BCUT2D eigenvalue weighted by Gasteiger charge is -2.10. The molecule has 16 heavy (non-hydrogen) atoms. The van der Waals surface area contributed by atoms with Gasteiger partial charge in [0.05, 0.1) is 0 Å². The Hall–Kier alpha value is -0.580. The molecule has 90 valence electrons. The maximum Gasteiger partial charge on any atom is 0.224 e. The second-order valence-corrected chi connectivity index (χ2v) is 4.30. The summed E-state index contributed by atoms with van der Waals surface area (Å²) in [6, 6.07) is 7.81. The van der Waals surface area contributed by atoms with Crippen LogP contribution in [0.1, 0.15) is 12.5 Å². The fourth-order valence-electron chi connectivity index (χ4n) is 1.11. The minimum absolute atomic E-state index is 0. The highest BCUT2D eigenvalue weighted by atomic mass is 79.9. The first-order chi connectivity index (χ1) is 7.15. The van der Waals surface area contributed by atoms with Crippen LogP contribution < -0.4 is 11.1 Å². The molecule has 0 saturated heterocycles. The molecular formula is C11H16BrClN2O. The summed E-state index contributed by atoms with van der Waals surface area (Å²) in [6.45, 7) is 2.72. The zero-order valence-corrected chi connectivity index (χ0v) is 11.5. The Morgan fingerprint density at radius 2 is 2.12 bits per heavy atom. The highest BCUT2D eigenvalue weighted by molar-refractivity contribution is 9.10. The van der Waals surface area contributed by atoms with E-state index in [9.17, 15) is 4.79 Å². The van der Waals surface area contributed by atoms with Gasteiger partial charge in [0, 0.05) is 23.5 Å². The third kappa shape index (κ3) is 4.51. The highest BCUT2D eigenvalue weighted by Gasteiger charge is 2.10. The number of nitrogens with one attached hydrogen (secondary N) is 1. The number of carbonyl (C=O) groups excluding carboxylic acids is 1. The van der Waals surface area contributed by atoms with Crippen LogP contribution in [0.15, 0.2) is 28.7 Å². The van der Waals surface area contributed by atoms with Crippen molar-refractivity contribution in [2.24, 2.45) is 11.7 Å². The average molecular weight is 308 g/mol. The smallest absolute Gasteiger partial charge is 0.224 e. The molecule has 0 aromatic heterocycles. The largest absolute Gasteiger partial charge is 0.352 e. The number of rotatable bonds is 4. The first kappa shape index (κ1) is 15.4. The van der Waals surface area contributed by atoms with Gasteiger partial charge in [-0.2, -0.15) is 0 Å². The monoisotopic (exact) mass is 306 g/mol. The molecule has 0 aliphatic rings.